The third kappa shape index (κ3) is 4.74. The standard InChI is InChI=1S/C20H29FN2O3/c1-13(2)18(24)22-12-17(15-7-9-16(21)10-8-15)23(11-14(22)3)19(25)26-20(4,5)6/h7-10,13-14,17H,11-12H2,1-6H3. The second kappa shape index (κ2) is 7.64. The first kappa shape index (κ1) is 20.2. The number of carbonyl (C=O) groups is 2. The maximum atomic E-state index is 13.3. The van der Waals surface area contributed by atoms with Gasteiger partial charge in [0.1, 0.15) is 11.4 Å². The minimum atomic E-state index is -0.613. The monoisotopic (exact) mass is 364 g/mol. The van der Waals surface area contributed by atoms with Crippen LogP contribution in [-0.2, 0) is 9.53 Å². The van der Waals surface area contributed by atoms with Crippen LogP contribution in [-0.4, -0.2) is 46.5 Å². The number of ether oxygens (including phenoxy) is 1. The van der Waals surface area contributed by atoms with Crippen molar-refractivity contribution in [3.63, 3.8) is 0 Å². The molecular formula is C20H29FN2O3. The second-order valence-corrected chi connectivity index (χ2v) is 8.19. The molecule has 0 bridgehead atoms. The van der Waals surface area contributed by atoms with Crippen LogP contribution in [0.25, 0.3) is 0 Å². The Bertz CT molecular complexity index is 652. The molecule has 2 amide bonds. The van der Waals surface area contributed by atoms with E-state index in [1.807, 2.05) is 41.5 Å². The van der Waals surface area contributed by atoms with Gasteiger partial charge in [-0.05, 0) is 45.4 Å². The summed E-state index contributed by atoms with van der Waals surface area (Å²) in [4.78, 5) is 28.8. The first-order valence-corrected chi connectivity index (χ1v) is 9.05. The predicted molar refractivity (Wildman–Crippen MR) is 98.1 cm³/mol. The number of hydrogen-bond donors (Lipinski definition) is 0. The summed E-state index contributed by atoms with van der Waals surface area (Å²) in [6.07, 6.45) is -0.421. The highest BCUT2D eigenvalue weighted by atomic mass is 19.1. The summed E-state index contributed by atoms with van der Waals surface area (Å²) < 4.78 is 18.9. The average Bonchev–Trinajstić information content (AvgIpc) is 2.53. The lowest BCUT2D eigenvalue weighted by Gasteiger charge is -2.46. The summed E-state index contributed by atoms with van der Waals surface area (Å²) in [5.74, 6) is -0.412. The van der Waals surface area contributed by atoms with Crippen LogP contribution in [0, 0.1) is 11.7 Å². The fourth-order valence-corrected chi connectivity index (χ4v) is 3.11. The Morgan fingerprint density at radius 1 is 1.12 bits per heavy atom. The Balaban J connectivity index is 2.34. The van der Waals surface area contributed by atoms with Crippen molar-refractivity contribution in [2.24, 2.45) is 5.92 Å². The molecule has 144 valence electrons. The minimum absolute atomic E-state index is 0.0495. The Hall–Kier alpha value is -2.11. The number of nitrogens with zero attached hydrogens (tertiary/aromatic N) is 2. The van der Waals surface area contributed by atoms with Crippen LogP contribution in [0.3, 0.4) is 0 Å². The molecule has 1 fully saturated rings. The molecule has 2 unspecified atom stereocenters. The smallest absolute Gasteiger partial charge is 0.410 e. The Labute approximate surface area is 155 Å². The van der Waals surface area contributed by atoms with Gasteiger partial charge < -0.3 is 9.64 Å². The molecular weight excluding hydrogens is 335 g/mol. The second-order valence-electron chi connectivity index (χ2n) is 8.19. The quantitative estimate of drug-likeness (QED) is 0.797. The van der Waals surface area contributed by atoms with Gasteiger partial charge in [0.15, 0.2) is 0 Å². The highest BCUT2D eigenvalue weighted by Gasteiger charge is 2.39. The van der Waals surface area contributed by atoms with Crippen LogP contribution in [0.4, 0.5) is 9.18 Å². The van der Waals surface area contributed by atoms with Crippen LogP contribution >= 0.6 is 0 Å². The van der Waals surface area contributed by atoms with Gasteiger partial charge >= 0.3 is 6.09 Å². The first-order chi connectivity index (χ1) is 12.0. The lowest BCUT2D eigenvalue weighted by atomic mass is 9.98. The Morgan fingerprint density at radius 3 is 2.19 bits per heavy atom. The van der Waals surface area contributed by atoms with E-state index in [0.29, 0.717) is 13.1 Å². The molecule has 0 N–H and O–H groups in total. The van der Waals surface area contributed by atoms with Crippen LogP contribution in [0.2, 0.25) is 0 Å². The number of amides is 2. The zero-order chi connectivity index (χ0) is 19.6. The van der Waals surface area contributed by atoms with Crippen molar-refractivity contribution in [2.75, 3.05) is 13.1 Å². The van der Waals surface area contributed by atoms with Crippen molar-refractivity contribution in [2.45, 2.75) is 59.2 Å². The molecule has 2 rings (SSSR count). The van der Waals surface area contributed by atoms with E-state index in [0.717, 1.165) is 5.56 Å². The summed E-state index contributed by atoms with van der Waals surface area (Å²) in [7, 11) is 0. The van der Waals surface area contributed by atoms with Gasteiger partial charge in [-0.1, -0.05) is 26.0 Å². The third-order valence-corrected chi connectivity index (χ3v) is 4.40. The molecule has 26 heavy (non-hydrogen) atoms. The summed E-state index contributed by atoms with van der Waals surface area (Å²) in [5.41, 5.74) is 0.171. The molecule has 1 aliphatic heterocycles. The lowest BCUT2D eigenvalue weighted by Crippen LogP contribution is -2.58. The largest absolute Gasteiger partial charge is 0.444 e. The fraction of sp³-hybridized carbons (Fsp3) is 0.600. The number of piperazine rings is 1. The zero-order valence-electron chi connectivity index (χ0n) is 16.5. The average molecular weight is 364 g/mol. The van der Waals surface area contributed by atoms with Crippen LogP contribution in [0.5, 0.6) is 0 Å². The lowest BCUT2D eigenvalue weighted by molar-refractivity contribution is -0.140. The predicted octanol–water partition coefficient (Wildman–Crippen LogP) is 3.99. The molecule has 0 radical (unpaired) electrons. The minimum Gasteiger partial charge on any atom is -0.444 e. The molecule has 1 heterocycles. The number of benzene rings is 1. The molecule has 0 spiro atoms. The van der Waals surface area contributed by atoms with E-state index in [4.69, 9.17) is 4.74 Å². The SMILES string of the molecule is CC(C)C(=O)N1CC(c2ccc(F)cc2)N(C(=O)OC(C)(C)C)CC1C. The number of halogens is 1. The van der Waals surface area contributed by atoms with Crippen molar-refractivity contribution in [3.8, 4) is 0 Å². The van der Waals surface area contributed by atoms with Gasteiger partial charge in [0.2, 0.25) is 5.91 Å². The van der Waals surface area contributed by atoms with Crippen LogP contribution in [0.15, 0.2) is 24.3 Å². The molecule has 1 saturated heterocycles. The molecule has 5 nitrogen and oxygen atoms in total. The Kier molecular flexibility index (Phi) is 5.94. The number of carbonyl (C=O) groups excluding carboxylic acids is 2. The van der Waals surface area contributed by atoms with Gasteiger partial charge in [-0.25, -0.2) is 9.18 Å². The van der Waals surface area contributed by atoms with Crippen molar-refractivity contribution in [1.82, 2.24) is 9.80 Å². The maximum Gasteiger partial charge on any atom is 0.410 e. The molecule has 6 heteroatoms. The summed E-state index contributed by atoms with van der Waals surface area (Å²) in [5, 5.41) is 0. The van der Waals surface area contributed by atoms with E-state index in [9.17, 15) is 14.0 Å². The van der Waals surface area contributed by atoms with E-state index >= 15 is 0 Å². The molecule has 1 aromatic carbocycles. The summed E-state index contributed by atoms with van der Waals surface area (Å²) in [6.45, 7) is 11.8. The van der Waals surface area contributed by atoms with E-state index < -0.39 is 11.7 Å². The number of rotatable bonds is 2. The van der Waals surface area contributed by atoms with E-state index in [-0.39, 0.29) is 29.7 Å². The molecule has 1 aromatic rings. The maximum absolute atomic E-state index is 13.3. The van der Waals surface area contributed by atoms with Crippen molar-refractivity contribution in [3.05, 3.63) is 35.6 Å². The molecule has 0 saturated carbocycles. The molecule has 1 aliphatic rings. The molecule has 0 aliphatic carbocycles. The Morgan fingerprint density at radius 2 is 1.69 bits per heavy atom. The van der Waals surface area contributed by atoms with Crippen LogP contribution in [0.1, 0.15) is 53.1 Å². The van der Waals surface area contributed by atoms with Gasteiger partial charge in [-0.2, -0.15) is 0 Å². The fourth-order valence-electron chi connectivity index (χ4n) is 3.11. The van der Waals surface area contributed by atoms with E-state index in [2.05, 4.69) is 0 Å². The van der Waals surface area contributed by atoms with E-state index in [1.165, 1.54) is 12.1 Å². The van der Waals surface area contributed by atoms with Gasteiger partial charge in [0.05, 0.1) is 6.04 Å². The van der Waals surface area contributed by atoms with Gasteiger partial charge in [0, 0.05) is 25.0 Å². The highest BCUT2D eigenvalue weighted by Crippen LogP contribution is 2.30. The van der Waals surface area contributed by atoms with Gasteiger partial charge in [0.25, 0.3) is 0 Å². The molecule has 2 atom stereocenters. The van der Waals surface area contributed by atoms with Gasteiger partial charge in [-0.3, -0.25) is 9.69 Å². The van der Waals surface area contributed by atoms with Crippen molar-refractivity contribution in [1.29, 1.82) is 0 Å². The summed E-state index contributed by atoms with van der Waals surface area (Å²) >= 11 is 0. The first-order valence-electron chi connectivity index (χ1n) is 9.05. The van der Waals surface area contributed by atoms with E-state index in [1.54, 1.807) is 21.9 Å². The normalized spacial score (nSPS) is 21.1. The third-order valence-electron chi connectivity index (χ3n) is 4.40. The molecule has 0 aromatic heterocycles. The summed E-state index contributed by atoms with van der Waals surface area (Å²) in [6, 6.07) is 5.57. The topological polar surface area (TPSA) is 49.9 Å². The zero-order valence-corrected chi connectivity index (χ0v) is 16.5. The van der Waals surface area contributed by atoms with Crippen molar-refractivity contribution >= 4 is 12.0 Å². The van der Waals surface area contributed by atoms with Crippen LogP contribution < -0.4 is 0 Å². The van der Waals surface area contributed by atoms with Gasteiger partial charge in [-0.15, -0.1) is 0 Å². The van der Waals surface area contributed by atoms with Crippen molar-refractivity contribution < 1.29 is 18.7 Å². The number of hydrogen-bond acceptors (Lipinski definition) is 3. The highest BCUT2D eigenvalue weighted by molar-refractivity contribution is 5.79.